The van der Waals surface area contributed by atoms with Crippen LogP contribution in [-0.2, 0) is 10.0 Å². The molecular weight excluding hydrogens is 362 g/mol. The van der Waals surface area contributed by atoms with Crippen molar-refractivity contribution in [1.82, 2.24) is 9.62 Å². The van der Waals surface area contributed by atoms with Crippen molar-refractivity contribution in [3.05, 3.63) is 32.8 Å². The van der Waals surface area contributed by atoms with Crippen LogP contribution in [0.3, 0.4) is 0 Å². The summed E-state index contributed by atoms with van der Waals surface area (Å²) in [6.07, 6.45) is 0.754. The highest BCUT2D eigenvalue weighted by molar-refractivity contribution is 9.10. The quantitative estimate of drug-likeness (QED) is 0.621. The van der Waals surface area contributed by atoms with E-state index in [9.17, 15) is 18.5 Å². The maximum Gasteiger partial charge on any atom is 0.290 e. The van der Waals surface area contributed by atoms with Gasteiger partial charge in [0.2, 0.25) is 10.0 Å². The normalized spacial score (nSPS) is 19.8. The number of nitrogens with zero attached hydrogens (tertiary/aromatic N) is 2. The standard InChI is InChI=1S/C12H16BrN3O4S/c1-14-7-9-4-5-15(8-9)21(19,20)12-3-2-10(13)6-11(12)16(17)18/h2-3,6,9,14H,4-5,7-8H2,1H3. The van der Waals surface area contributed by atoms with Crippen LogP contribution < -0.4 is 5.32 Å². The first-order valence-corrected chi connectivity index (χ1v) is 8.68. The van der Waals surface area contributed by atoms with Crippen LogP contribution >= 0.6 is 15.9 Å². The van der Waals surface area contributed by atoms with Gasteiger partial charge in [-0.25, -0.2) is 8.42 Å². The Kier molecular flexibility index (Phi) is 4.97. The summed E-state index contributed by atoms with van der Waals surface area (Å²) >= 11 is 3.12. The van der Waals surface area contributed by atoms with E-state index < -0.39 is 20.6 Å². The molecule has 1 unspecified atom stereocenters. The molecule has 0 aromatic heterocycles. The van der Waals surface area contributed by atoms with Gasteiger partial charge in [0.25, 0.3) is 5.69 Å². The highest BCUT2D eigenvalue weighted by Gasteiger charge is 2.36. The number of nitrogens with one attached hydrogen (secondary N) is 1. The molecule has 1 aliphatic heterocycles. The molecule has 1 atom stereocenters. The molecule has 2 rings (SSSR count). The monoisotopic (exact) mass is 377 g/mol. The number of nitro groups is 1. The Labute approximate surface area is 131 Å². The van der Waals surface area contributed by atoms with Crippen LogP contribution in [0, 0.1) is 16.0 Å². The molecule has 1 N–H and O–H groups in total. The number of hydrogen-bond donors (Lipinski definition) is 1. The van der Waals surface area contributed by atoms with Crippen LogP contribution in [0.25, 0.3) is 0 Å². The topological polar surface area (TPSA) is 92.6 Å². The molecule has 0 aliphatic carbocycles. The molecule has 116 valence electrons. The molecule has 1 fully saturated rings. The number of rotatable bonds is 5. The Bertz CT molecular complexity index is 650. The van der Waals surface area contributed by atoms with Crippen molar-refractivity contribution >= 4 is 31.6 Å². The second-order valence-electron chi connectivity index (χ2n) is 4.94. The van der Waals surface area contributed by atoms with E-state index in [4.69, 9.17) is 0 Å². The van der Waals surface area contributed by atoms with E-state index in [0.717, 1.165) is 13.0 Å². The van der Waals surface area contributed by atoms with Crippen LogP contribution in [0.2, 0.25) is 0 Å². The molecule has 9 heteroatoms. The number of hydrogen-bond acceptors (Lipinski definition) is 5. The first-order chi connectivity index (χ1) is 9.86. The Morgan fingerprint density at radius 2 is 2.24 bits per heavy atom. The molecule has 0 bridgehead atoms. The molecule has 0 radical (unpaired) electrons. The first-order valence-electron chi connectivity index (χ1n) is 6.45. The van der Waals surface area contributed by atoms with Crippen LogP contribution in [0.5, 0.6) is 0 Å². The van der Waals surface area contributed by atoms with Gasteiger partial charge in [-0.15, -0.1) is 0 Å². The molecule has 0 spiro atoms. The molecule has 1 aliphatic rings. The van der Waals surface area contributed by atoms with E-state index in [1.165, 1.54) is 22.5 Å². The third kappa shape index (κ3) is 3.42. The van der Waals surface area contributed by atoms with Crippen molar-refractivity contribution in [3.8, 4) is 0 Å². The predicted octanol–water partition coefficient (Wildman–Crippen LogP) is 1.59. The van der Waals surface area contributed by atoms with Crippen molar-refractivity contribution in [2.45, 2.75) is 11.3 Å². The zero-order chi connectivity index (χ0) is 15.6. The third-order valence-corrected chi connectivity index (χ3v) is 5.88. The minimum atomic E-state index is -3.84. The van der Waals surface area contributed by atoms with E-state index in [1.54, 1.807) is 0 Å². The number of benzene rings is 1. The summed E-state index contributed by atoms with van der Waals surface area (Å²) in [4.78, 5) is 10.2. The van der Waals surface area contributed by atoms with Gasteiger partial charge >= 0.3 is 0 Å². The lowest BCUT2D eigenvalue weighted by molar-refractivity contribution is -0.387. The summed E-state index contributed by atoms with van der Waals surface area (Å²) in [6.45, 7) is 1.51. The predicted molar refractivity (Wildman–Crippen MR) is 81.6 cm³/mol. The van der Waals surface area contributed by atoms with Crippen LogP contribution in [0.1, 0.15) is 6.42 Å². The van der Waals surface area contributed by atoms with Gasteiger partial charge in [-0.1, -0.05) is 15.9 Å². The van der Waals surface area contributed by atoms with Crippen LogP contribution in [0.15, 0.2) is 27.6 Å². The molecule has 1 aromatic rings. The summed E-state index contributed by atoms with van der Waals surface area (Å²) in [5.74, 6) is 0.235. The van der Waals surface area contributed by atoms with Crippen molar-refractivity contribution in [3.63, 3.8) is 0 Å². The lowest BCUT2D eigenvalue weighted by Crippen LogP contribution is -2.30. The Morgan fingerprint density at radius 1 is 1.52 bits per heavy atom. The zero-order valence-corrected chi connectivity index (χ0v) is 13.9. The Hall–Kier alpha value is -1.03. The van der Waals surface area contributed by atoms with Crippen LogP contribution in [-0.4, -0.2) is 44.3 Å². The minimum Gasteiger partial charge on any atom is -0.319 e. The molecular formula is C12H16BrN3O4S. The third-order valence-electron chi connectivity index (χ3n) is 3.48. The van der Waals surface area contributed by atoms with Crippen molar-refractivity contribution in [2.75, 3.05) is 26.7 Å². The van der Waals surface area contributed by atoms with E-state index in [0.29, 0.717) is 17.6 Å². The highest BCUT2D eigenvalue weighted by atomic mass is 79.9. The summed E-state index contributed by atoms with van der Waals surface area (Å²) in [5, 5.41) is 14.1. The summed E-state index contributed by atoms with van der Waals surface area (Å²) in [7, 11) is -2.02. The van der Waals surface area contributed by atoms with Gasteiger partial charge in [-0.2, -0.15) is 4.31 Å². The van der Waals surface area contributed by atoms with Gasteiger partial charge in [-0.05, 0) is 38.1 Å². The van der Waals surface area contributed by atoms with E-state index in [2.05, 4.69) is 21.2 Å². The van der Waals surface area contributed by atoms with Crippen molar-refractivity contribution < 1.29 is 13.3 Å². The second kappa shape index (κ2) is 6.39. The zero-order valence-electron chi connectivity index (χ0n) is 11.5. The average Bonchev–Trinajstić information content (AvgIpc) is 2.88. The largest absolute Gasteiger partial charge is 0.319 e. The number of sulfonamides is 1. The van der Waals surface area contributed by atoms with Gasteiger partial charge in [0, 0.05) is 23.6 Å². The van der Waals surface area contributed by atoms with Crippen molar-refractivity contribution in [2.24, 2.45) is 5.92 Å². The molecule has 0 amide bonds. The summed E-state index contributed by atoms with van der Waals surface area (Å²) in [6, 6.07) is 4.00. The fourth-order valence-corrected chi connectivity index (χ4v) is 4.48. The molecule has 7 nitrogen and oxygen atoms in total. The summed E-state index contributed by atoms with van der Waals surface area (Å²) in [5.41, 5.74) is -0.401. The van der Waals surface area contributed by atoms with Crippen LogP contribution in [0.4, 0.5) is 5.69 Å². The first kappa shape index (κ1) is 16.3. The van der Waals surface area contributed by atoms with Gasteiger partial charge in [0.05, 0.1) is 4.92 Å². The Balaban J connectivity index is 2.35. The molecule has 21 heavy (non-hydrogen) atoms. The van der Waals surface area contributed by atoms with E-state index >= 15 is 0 Å². The van der Waals surface area contributed by atoms with Gasteiger partial charge < -0.3 is 5.32 Å². The number of halogens is 1. The molecule has 1 heterocycles. The molecule has 1 aromatic carbocycles. The van der Waals surface area contributed by atoms with E-state index in [-0.39, 0.29) is 10.8 Å². The Morgan fingerprint density at radius 3 is 2.86 bits per heavy atom. The minimum absolute atomic E-state index is 0.235. The average molecular weight is 378 g/mol. The lowest BCUT2D eigenvalue weighted by Gasteiger charge is -2.16. The fraction of sp³-hybridized carbons (Fsp3) is 0.500. The molecule has 0 saturated carbocycles. The van der Waals surface area contributed by atoms with Gasteiger partial charge in [0.1, 0.15) is 0 Å². The number of nitro benzene ring substituents is 1. The lowest BCUT2D eigenvalue weighted by atomic mass is 10.1. The maximum absolute atomic E-state index is 12.6. The van der Waals surface area contributed by atoms with Gasteiger partial charge in [-0.3, -0.25) is 10.1 Å². The maximum atomic E-state index is 12.6. The smallest absolute Gasteiger partial charge is 0.290 e. The highest BCUT2D eigenvalue weighted by Crippen LogP contribution is 2.32. The second-order valence-corrected chi connectivity index (χ2v) is 7.77. The SMILES string of the molecule is CNCC1CCN(S(=O)(=O)c2ccc(Br)cc2[N+](=O)[O-])C1. The molecule has 1 saturated heterocycles. The summed E-state index contributed by atoms with van der Waals surface area (Å²) < 4.78 is 27.0. The van der Waals surface area contributed by atoms with Crippen molar-refractivity contribution in [1.29, 1.82) is 0 Å². The van der Waals surface area contributed by atoms with Gasteiger partial charge in [0.15, 0.2) is 4.90 Å². The van der Waals surface area contributed by atoms with E-state index in [1.807, 2.05) is 7.05 Å². The fourth-order valence-electron chi connectivity index (χ4n) is 2.46.